The summed E-state index contributed by atoms with van der Waals surface area (Å²) in [6.45, 7) is 1.98. The predicted octanol–water partition coefficient (Wildman–Crippen LogP) is 2.93. The highest BCUT2D eigenvalue weighted by Gasteiger charge is 1.98. The van der Waals surface area contributed by atoms with Gasteiger partial charge in [-0.05, 0) is 13.0 Å². The molecule has 12 heavy (non-hydrogen) atoms. The second kappa shape index (κ2) is 4.07. The average Bonchev–Trinajstić information content (AvgIpc) is 2.06. The Kier molecular flexibility index (Phi) is 3.06. The van der Waals surface area contributed by atoms with Crippen molar-refractivity contribution in [3.63, 3.8) is 0 Å². The van der Waals surface area contributed by atoms with E-state index in [4.69, 9.17) is 11.6 Å². The van der Waals surface area contributed by atoms with Crippen molar-refractivity contribution in [2.45, 2.75) is 6.92 Å². The van der Waals surface area contributed by atoms with E-state index in [1.165, 1.54) is 11.6 Å². The fourth-order valence-corrected chi connectivity index (χ4v) is 0.986. The maximum Gasteiger partial charge on any atom is 0.186 e. The monoisotopic (exact) mass is 180 g/mol. The summed E-state index contributed by atoms with van der Waals surface area (Å²) in [5, 5.41) is 0. The number of carbonyl (C=O) groups is 1. The molecule has 0 aliphatic heterocycles. The number of ketones is 1. The van der Waals surface area contributed by atoms with Gasteiger partial charge >= 0.3 is 0 Å². The van der Waals surface area contributed by atoms with Crippen LogP contribution in [-0.4, -0.2) is 5.78 Å². The number of hydrogen-bond donors (Lipinski definition) is 0. The fraction of sp³-hybridized carbons (Fsp3) is 0.100. The summed E-state index contributed by atoms with van der Waals surface area (Å²) < 4.78 is 0. The van der Waals surface area contributed by atoms with Crippen LogP contribution >= 0.6 is 11.6 Å². The van der Waals surface area contributed by atoms with Crippen molar-refractivity contribution in [3.05, 3.63) is 47.0 Å². The largest absolute Gasteiger partial charge is 0.289 e. The molecule has 0 atom stereocenters. The second-order valence-electron chi connectivity index (χ2n) is 2.52. The van der Waals surface area contributed by atoms with E-state index in [1.807, 2.05) is 19.1 Å². The van der Waals surface area contributed by atoms with Crippen LogP contribution in [0, 0.1) is 6.92 Å². The van der Waals surface area contributed by atoms with Gasteiger partial charge in [-0.15, -0.1) is 0 Å². The van der Waals surface area contributed by atoms with Crippen LogP contribution < -0.4 is 0 Å². The molecule has 0 aliphatic carbocycles. The molecular weight excluding hydrogens is 172 g/mol. The van der Waals surface area contributed by atoms with E-state index in [0.717, 1.165) is 5.56 Å². The van der Waals surface area contributed by atoms with Crippen molar-refractivity contribution in [2.75, 3.05) is 0 Å². The molecule has 2 heteroatoms. The Morgan fingerprint density at radius 3 is 2.42 bits per heavy atom. The molecule has 62 valence electrons. The highest BCUT2D eigenvalue weighted by Crippen LogP contribution is 2.04. The highest BCUT2D eigenvalue weighted by molar-refractivity contribution is 6.27. The molecule has 0 saturated carbocycles. The number of halogens is 1. The van der Waals surface area contributed by atoms with Gasteiger partial charge in [0.25, 0.3) is 0 Å². The molecule has 1 aromatic carbocycles. The van der Waals surface area contributed by atoms with Crippen LogP contribution in [0.3, 0.4) is 0 Å². The number of benzene rings is 1. The number of carbonyl (C=O) groups excluding carboxylic acids is 1. The van der Waals surface area contributed by atoms with E-state index in [9.17, 15) is 4.79 Å². The Morgan fingerprint density at radius 1 is 1.33 bits per heavy atom. The van der Waals surface area contributed by atoms with Gasteiger partial charge in [0, 0.05) is 11.1 Å². The van der Waals surface area contributed by atoms with Gasteiger partial charge in [0.1, 0.15) is 0 Å². The lowest BCUT2D eigenvalue weighted by molar-refractivity contribution is 0.104. The molecule has 0 heterocycles. The van der Waals surface area contributed by atoms with E-state index < -0.39 is 0 Å². The fourth-order valence-electron chi connectivity index (χ4n) is 0.871. The number of aryl methyl sites for hydroxylation is 1. The lowest BCUT2D eigenvalue weighted by atomic mass is 10.1. The van der Waals surface area contributed by atoms with Gasteiger partial charge in [-0.1, -0.05) is 41.4 Å². The Labute approximate surface area is 76.7 Å². The van der Waals surface area contributed by atoms with Gasteiger partial charge < -0.3 is 0 Å². The average molecular weight is 181 g/mol. The van der Waals surface area contributed by atoms with Gasteiger partial charge in [-0.2, -0.15) is 0 Å². The Hall–Kier alpha value is -1.08. The van der Waals surface area contributed by atoms with Crippen LogP contribution in [0.5, 0.6) is 0 Å². The van der Waals surface area contributed by atoms with Crippen LogP contribution in [0.4, 0.5) is 0 Å². The smallest absolute Gasteiger partial charge is 0.186 e. The van der Waals surface area contributed by atoms with Crippen LogP contribution in [0.2, 0.25) is 0 Å². The van der Waals surface area contributed by atoms with Gasteiger partial charge in [0.2, 0.25) is 0 Å². The van der Waals surface area contributed by atoms with Crippen LogP contribution in [-0.2, 0) is 0 Å². The molecular formula is C10H9ClO. The van der Waals surface area contributed by atoms with E-state index in [1.54, 1.807) is 12.1 Å². The lowest BCUT2D eigenvalue weighted by Gasteiger charge is -1.95. The van der Waals surface area contributed by atoms with E-state index in [0.29, 0.717) is 5.56 Å². The van der Waals surface area contributed by atoms with Gasteiger partial charge in [-0.3, -0.25) is 4.79 Å². The van der Waals surface area contributed by atoms with E-state index in [-0.39, 0.29) is 5.78 Å². The minimum Gasteiger partial charge on any atom is -0.289 e. The standard InChI is InChI=1S/C10H9ClO/c1-8-2-4-9(5-3-8)10(12)6-7-11/h2-7H,1H3/b7-6-. The molecule has 1 aromatic rings. The van der Waals surface area contributed by atoms with Crippen LogP contribution in [0.1, 0.15) is 15.9 Å². The van der Waals surface area contributed by atoms with Crippen molar-refractivity contribution in [1.82, 2.24) is 0 Å². The highest BCUT2D eigenvalue weighted by atomic mass is 35.5. The SMILES string of the molecule is Cc1ccc(C(=O)/C=C\Cl)cc1. The first-order valence-electron chi connectivity index (χ1n) is 3.62. The van der Waals surface area contributed by atoms with E-state index in [2.05, 4.69) is 0 Å². The zero-order chi connectivity index (χ0) is 8.97. The second-order valence-corrected chi connectivity index (χ2v) is 2.77. The van der Waals surface area contributed by atoms with Gasteiger partial charge in [0.05, 0.1) is 0 Å². The summed E-state index contributed by atoms with van der Waals surface area (Å²) in [7, 11) is 0. The summed E-state index contributed by atoms with van der Waals surface area (Å²) >= 11 is 5.28. The molecule has 0 aliphatic rings. The van der Waals surface area contributed by atoms with Crippen molar-refractivity contribution in [3.8, 4) is 0 Å². The molecule has 1 nitrogen and oxygen atoms in total. The van der Waals surface area contributed by atoms with Crippen LogP contribution in [0.25, 0.3) is 0 Å². The lowest BCUT2D eigenvalue weighted by Crippen LogP contribution is -1.92. The van der Waals surface area contributed by atoms with Gasteiger partial charge in [0.15, 0.2) is 5.78 Å². The predicted molar refractivity (Wildman–Crippen MR) is 50.5 cm³/mol. The molecule has 1 rings (SSSR count). The maximum atomic E-state index is 11.2. The summed E-state index contributed by atoms with van der Waals surface area (Å²) in [5.41, 5.74) is 3.03. The van der Waals surface area contributed by atoms with Gasteiger partial charge in [-0.25, -0.2) is 0 Å². The normalized spacial score (nSPS) is 10.5. The van der Waals surface area contributed by atoms with E-state index >= 15 is 0 Å². The Bertz CT molecular complexity index is 298. The van der Waals surface area contributed by atoms with Crippen molar-refractivity contribution in [1.29, 1.82) is 0 Å². The molecule has 0 N–H and O–H groups in total. The van der Waals surface area contributed by atoms with Crippen molar-refractivity contribution in [2.24, 2.45) is 0 Å². The quantitative estimate of drug-likeness (QED) is 0.505. The van der Waals surface area contributed by atoms with Crippen LogP contribution in [0.15, 0.2) is 35.9 Å². The van der Waals surface area contributed by atoms with Crippen molar-refractivity contribution < 1.29 is 4.79 Å². The number of rotatable bonds is 2. The first kappa shape index (κ1) is 9.01. The number of hydrogen-bond acceptors (Lipinski definition) is 1. The molecule has 0 saturated heterocycles. The topological polar surface area (TPSA) is 17.1 Å². The molecule has 0 amide bonds. The zero-order valence-electron chi connectivity index (χ0n) is 6.75. The summed E-state index contributed by atoms with van der Waals surface area (Å²) in [6.07, 6.45) is 1.34. The van der Waals surface area contributed by atoms with Crippen molar-refractivity contribution >= 4 is 17.4 Å². The third kappa shape index (κ3) is 2.21. The molecule has 0 aromatic heterocycles. The summed E-state index contributed by atoms with van der Waals surface area (Å²) in [6, 6.07) is 7.37. The Balaban J connectivity index is 2.90. The molecule has 0 radical (unpaired) electrons. The minimum atomic E-state index is -0.0648. The Morgan fingerprint density at radius 2 is 1.92 bits per heavy atom. The number of allylic oxidation sites excluding steroid dienone is 1. The third-order valence-corrected chi connectivity index (χ3v) is 1.68. The third-order valence-electron chi connectivity index (χ3n) is 1.55. The minimum absolute atomic E-state index is 0.0648. The summed E-state index contributed by atoms with van der Waals surface area (Å²) in [4.78, 5) is 11.2. The molecule has 0 bridgehead atoms. The first-order chi connectivity index (χ1) is 5.74. The first-order valence-corrected chi connectivity index (χ1v) is 4.05. The maximum absolute atomic E-state index is 11.2. The summed E-state index contributed by atoms with van der Waals surface area (Å²) in [5.74, 6) is -0.0648. The molecule has 0 spiro atoms. The zero-order valence-corrected chi connectivity index (χ0v) is 7.51. The molecule has 0 unspecified atom stereocenters. The molecule has 0 fully saturated rings.